The lowest BCUT2D eigenvalue weighted by Crippen LogP contribution is -2.44. The number of anilines is 1. The van der Waals surface area contributed by atoms with Crippen molar-refractivity contribution >= 4 is 17.3 Å². The van der Waals surface area contributed by atoms with Crippen LogP contribution in [0.4, 0.5) is 10.1 Å². The lowest BCUT2D eigenvalue weighted by atomic mass is 9.63. The second-order valence-corrected chi connectivity index (χ2v) is 11.6. The van der Waals surface area contributed by atoms with E-state index in [1.165, 1.54) is 6.07 Å². The molecule has 4 nitrogen and oxygen atoms in total. The first kappa shape index (κ1) is 23.5. The topological polar surface area (TPSA) is 46.6 Å². The smallest absolute Gasteiger partial charge is 0.162 e. The Kier molecular flexibility index (Phi) is 5.50. The summed E-state index contributed by atoms with van der Waals surface area (Å²) in [5, 5.41) is 0. The number of carbonyl (C=O) groups is 2. The fourth-order valence-corrected chi connectivity index (χ4v) is 6.02. The molecule has 0 bridgehead atoms. The van der Waals surface area contributed by atoms with E-state index >= 15 is 4.39 Å². The Bertz CT molecular complexity index is 1230. The molecule has 2 aromatic rings. The Balaban J connectivity index is 1.83. The molecule has 0 spiro atoms. The third-order valence-electron chi connectivity index (χ3n) is 7.45. The van der Waals surface area contributed by atoms with E-state index < -0.39 is 5.92 Å². The van der Waals surface area contributed by atoms with Crippen molar-refractivity contribution in [3.05, 3.63) is 82.5 Å². The second-order valence-electron chi connectivity index (χ2n) is 11.6. The van der Waals surface area contributed by atoms with Crippen LogP contribution in [0.25, 0.3) is 0 Å². The first-order valence-electron chi connectivity index (χ1n) is 12.2. The number of carbonyl (C=O) groups excluding carboxylic acids is 2. The van der Waals surface area contributed by atoms with Gasteiger partial charge in [0.25, 0.3) is 0 Å². The summed E-state index contributed by atoms with van der Waals surface area (Å²) < 4.78 is 20.7. The summed E-state index contributed by atoms with van der Waals surface area (Å²) >= 11 is 0. The standard InChI is InChI=1S/C30H32FNO3/c1-29(2)14-22-27(24(33)16-29)26(18-10-12-19(35-5)13-11-18)28-23(15-30(3,4)17-25(28)34)32(22)21-9-7-6-8-20(21)31/h6-13,26H,14-17H2,1-5H3. The molecule has 1 heterocycles. The van der Waals surface area contributed by atoms with Crippen LogP contribution in [0.5, 0.6) is 5.75 Å². The molecule has 0 fully saturated rings. The second kappa shape index (κ2) is 8.18. The number of para-hydroxylation sites is 1. The van der Waals surface area contributed by atoms with Crippen LogP contribution in [0.3, 0.4) is 0 Å². The predicted molar refractivity (Wildman–Crippen MR) is 135 cm³/mol. The maximum atomic E-state index is 15.3. The van der Waals surface area contributed by atoms with Crippen molar-refractivity contribution in [1.29, 1.82) is 0 Å². The van der Waals surface area contributed by atoms with E-state index in [0.717, 1.165) is 17.0 Å². The highest BCUT2D eigenvalue weighted by molar-refractivity contribution is 6.08. The van der Waals surface area contributed by atoms with Gasteiger partial charge in [-0.2, -0.15) is 0 Å². The number of methoxy groups -OCH3 is 1. The predicted octanol–water partition coefficient (Wildman–Crippen LogP) is 6.72. The average Bonchev–Trinajstić information content (AvgIpc) is 2.77. The summed E-state index contributed by atoms with van der Waals surface area (Å²) in [7, 11) is 1.61. The van der Waals surface area contributed by atoms with Crippen LogP contribution in [-0.2, 0) is 9.59 Å². The normalized spacial score (nSPS) is 21.7. The Hall–Kier alpha value is -3.21. The number of ether oxygens (including phenoxy) is 1. The molecule has 0 aromatic heterocycles. The molecule has 0 radical (unpaired) electrons. The first-order chi connectivity index (χ1) is 16.5. The molecule has 0 unspecified atom stereocenters. The molecule has 5 heteroatoms. The molecule has 35 heavy (non-hydrogen) atoms. The summed E-state index contributed by atoms with van der Waals surface area (Å²) in [6, 6.07) is 14.3. The molecule has 182 valence electrons. The van der Waals surface area contributed by atoms with Gasteiger partial charge in [-0.05, 0) is 53.5 Å². The van der Waals surface area contributed by atoms with Gasteiger partial charge in [-0.25, -0.2) is 4.39 Å². The highest BCUT2D eigenvalue weighted by atomic mass is 19.1. The summed E-state index contributed by atoms with van der Waals surface area (Å²) in [5.41, 5.74) is 3.65. The molecule has 2 aromatic carbocycles. The quantitative estimate of drug-likeness (QED) is 0.496. The number of ketones is 2. The van der Waals surface area contributed by atoms with Crippen molar-refractivity contribution in [1.82, 2.24) is 0 Å². The molecule has 3 aliphatic rings. The van der Waals surface area contributed by atoms with E-state index in [9.17, 15) is 9.59 Å². The van der Waals surface area contributed by atoms with Gasteiger partial charge < -0.3 is 9.64 Å². The fraction of sp³-hybridized carbons (Fsp3) is 0.400. The minimum atomic E-state index is -0.457. The number of rotatable bonds is 3. The van der Waals surface area contributed by atoms with Crippen molar-refractivity contribution < 1.29 is 18.7 Å². The summed E-state index contributed by atoms with van der Waals surface area (Å²) in [6.07, 6.45) is 2.04. The van der Waals surface area contributed by atoms with Crippen molar-refractivity contribution in [2.75, 3.05) is 12.0 Å². The van der Waals surface area contributed by atoms with E-state index in [4.69, 9.17) is 4.74 Å². The number of allylic oxidation sites excluding steroid dienone is 4. The number of benzene rings is 2. The van der Waals surface area contributed by atoms with E-state index in [-0.39, 0.29) is 28.2 Å². The SMILES string of the molecule is COc1ccc(C2C3=C(CC(C)(C)CC3=O)N(c3ccccc3F)C3=C2C(=O)CC(C)(C)C3)cc1. The molecule has 0 saturated carbocycles. The van der Waals surface area contributed by atoms with Gasteiger partial charge in [-0.15, -0.1) is 0 Å². The zero-order chi connectivity index (χ0) is 25.1. The van der Waals surface area contributed by atoms with Crippen LogP contribution >= 0.6 is 0 Å². The molecule has 5 rings (SSSR count). The number of Topliss-reactive ketones (excluding diaryl/α,β-unsaturated/α-hetero) is 2. The van der Waals surface area contributed by atoms with Gasteiger partial charge in [0.05, 0.1) is 12.8 Å². The van der Waals surface area contributed by atoms with Crippen LogP contribution in [0.1, 0.15) is 64.9 Å². The maximum absolute atomic E-state index is 15.3. The fourth-order valence-electron chi connectivity index (χ4n) is 6.02. The van der Waals surface area contributed by atoms with Crippen molar-refractivity contribution in [3.8, 4) is 5.75 Å². The summed E-state index contributed by atoms with van der Waals surface area (Å²) in [4.78, 5) is 29.5. The Morgan fingerprint density at radius 1 is 0.800 bits per heavy atom. The van der Waals surface area contributed by atoms with Crippen LogP contribution in [0.2, 0.25) is 0 Å². The van der Waals surface area contributed by atoms with Gasteiger partial charge >= 0.3 is 0 Å². The average molecular weight is 474 g/mol. The van der Waals surface area contributed by atoms with Crippen molar-refractivity contribution in [2.24, 2.45) is 10.8 Å². The lowest BCUT2D eigenvalue weighted by molar-refractivity contribution is -0.119. The number of hydrogen-bond acceptors (Lipinski definition) is 4. The van der Waals surface area contributed by atoms with Gasteiger partial charge in [0, 0.05) is 41.3 Å². The molecular formula is C30H32FNO3. The lowest BCUT2D eigenvalue weighted by Gasteiger charge is -2.49. The Morgan fingerprint density at radius 3 is 1.80 bits per heavy atom. The van der Waals surface area contributed by atoms with E-state index in [1.807, 2.05) is 29.2 Å². The summed E-state index contributed by atoms with van der Waals surface area (Å²) in [5.74, 6) is -0.0415. The molecular weight excluding hydrogens is 441 g/mol. The van der Waals surface area contributed by atoms with Crippen LogP contribution in [0.15, 0.2) is 71.1 Å². The van der Waals surface area contributed by atoms with Gasteiger partial charge in [0.2, 0.25) is 0 Å². The molecule has 0 saturated heterocycles. The van der Waals surface area contributed by atoms with E-state index in [0.29, 0.717) is 48.3 Å². The van der Waals surface area contributed by atoms with Crippen LogP contribution < -0.4 is 9.64 Å². The van der Waals surface area contributed by atoms with Crippen molar-refractivity contribution in [2.45, 2.75) is 59.3 Å². The van der Waals surface area contributed by atoms with Gasteiger partial charge in [-0.3, -0.25) is 9.59 Å². The molecule has 0 atom stereocenters. The van der Waals surface area contributed by atoms with Gasteiger partial charge in [-0.1, -0.05) is 52.0 Å². The largest absolute Gasteiger partial charge is 0.497 e. The highest BCUT2D eigenvalue weighted by Crippen LogP contribution is 2.55. The Morgan fingerprint density at radius 2 is 1.31 bits per heavy atom. The van der Waals surface area contributed by atoms with Gasteiger partial charge in [0.1, 0.15) is 11.6 Å². The maximum Gasteiger partial charge on any atom is 0.162 e. The third-order valence-corrected chi connectivity index (χ3v) is 7.45. The molecule has 0 amide bonds. The Labute approximate surface area is 206 Å². The van der Waals surface area contributed by atoms with Gasteiger partial charge in [0.15, 0.2) is 11.6 Å². The number of hydrogen-bond donors (Lipinski definition) is 0. The zero-order valence-corrected chi connectivity index (χ0v) is 21.1. The highest BCUT2D eigenvalue weighted by Gasteiger charge is 2.49. The number of nitrogens with zero attached hydrogens (tertiary/aromatic N) is 1. The monoisotopic (exact) mass is 473 g/mol. The minimum absolute atomic E-state index is 0.0302. The third kappa shape index (κ3) is 4.01. The van der Waals surface area contributed by atoms with E-state index in [1.54, 1.807) is 25.3 Å². The molecule has 1 aliphatic heterocycles. The van der Waals surface area contributed by atoms with Crippen LogP contribution in [-0.4, -0.2) is 18.7 Å². The molecule has 2 aliphatic carbocycles. The zero-order valence-electron chi connectivity index (χ0n) is 21.1. The first-order valence-corrected chi connectivity index (χ1v) is 12.2. The van der Waals surface area contributed by atoms with Crippen LogP contribution in [0, 0.1) is 16.6 Å². The minimum Gasteiger partial charge on any atom is -0.497 e. The summed E-state index contributed by atoms with van der Waals surface area (Å²) in [6.45, 7) is 8.32. The van der Waals surface area contributed by atoms with E-state index in [2.05, 4.69) is 27.7 Å². The van der Waals surface area contributed by atoms with Crippen molar-refractivity contribution in [3.63, 3.8) is 0 Å². The molecule has 0 N–H and O–H groups in total. The number of halogens is 1.